The van der Waals surface area contributed by atoms with Crippen molar-refractivity contribution >= 4 is 23.7 Å². The lowest BCUT2D eigenvalue weighted by atomic mass is 9.97. The second-order valence-electron chi connectivity index (χ2n) is 8.65. The summed E-state index contributed by atoms with van der Waals surface area (Å²) in [6.45, 7) is 8.46. The molecule has 3 amide bonds. The lowest BCUT2D eigenvalue weighted by Crippen LogP contribution is -2.58. The molecular formula is C23H36N4O6. The number of amides is 3. The minimum absolute atomic E-state index is 0.102. The molecule has 0 aliphatic rings. The molecule has 0 saturated carbocycles. The van der Waals surface area contributed by atoms with Crippen LogP contribution in [0.2, 0.25) is 0 Å². The zero-order valence-corrected chi connectivity index (χ0v) is 19.8. The second kappa shape index (κ2) is 12.8. The molecule has 0 fully saturated rings. The minimum Gasteiger partial charge on any atom is -0.508 e. The molecule has 0 heterocycles. The second-order valence-corrected chi connectivity index (χ2v) is 8.65. The van der Waals surface area contributed by atoms with E-state index < -0.39 is 47.9 Å². The molecule has 0 radical (unpaired) electrons. The summed E-state index contributed by atoms with van der Waals surface area (Å²) in [5.41, 5.74) is 6.68. The summed E-state index contributed by atoms with van der Waals surface area (Å²) in [6.07, 6.45) is 0.771. The molecule has 0 bridgehead atoms. The standard InChI is InChI=1S/C23H36N4O6/c1-6-13(4)19(23(32)33)27-22(31)18(12(2)3)26-20(29)14(5)25-21(30)17(24)11-15-7-9-16(28)10-8-15/h7-10,12-14,17-19,28H,6,11,24H2,1-5H3,(H,25,30)(H,26,29)(H,27,31)(H,32,33). The first-order chi connectivity index (χ1) is 15.4. The summed E-state index contributed by atoms with van der Waals surface area (Å²) in [5, 5.41) is 26.4. The third-order valence-corrected chi connectivity index (χ3v) is 5.50. The molecule has 33 heavy (non-hydrogen) atoms. The van der Waals surface area contributed by atoms with Gasteiger partial charge in [0.1, 0.15) is 23.9 Å². The maximum atomic E-state index is 12.7. The quantitative estimate of drug-likeness (QED) is 0.262. The molecule has 0 aliphatic carbocycles. The average Bonchev–Trinajstić information content (AvgIpc) is 2.75. The van der Waals surface area contributed by atoms with Gasteiger partial charge in [0.05, 0.1) is 6.04 Å². The van der Waals surface area contributed by atoms with Crippen molar-refractivity contribution in [2.24, 2.45) is 17.6 Å². The largest absolute Gasteiger partial charge is 0.508 e. The Morgan fingerprint density at radius 1 is 0.879 bits per heavy atom. The first kappa shape index (κ1) is 27.9. The van der Waals surface area contributed by atoms with Crippen molar-refractivity contribution in [1.82, 2.24) is 16.0 Å². The van der Waals surface area contributed by atoms with E-state index in [2.05, 4.69) is 16.0 Å². The van der Waals surface area contributed by atoms with Crippen molar-refractivity contribution in [3.63, 3.8) is 0 Å². The molecule has 5 atom stereocenters. The summed E-state index contributed by atoms with van der Waals surface area (Å²) in [6, 6.07) is 2.34. The molecule has 5 unspecified atom stereocenters. The number of phenolic OH excluding ortho intramolecular Hbond substituents is 1. The Hall–Kier alpha value is -3.14. The van der Waals surface area contributed by atoms with Crippen LogP contribution in [0.4, 0.5) is 0 Å². The van der Waals surface area contributed by atoms with Crippen molar-refractivity contribution in [2.45, 2.75) is 71.6 Å². The first-order valence-electron chi connectivity index (χ1n) is 11.0. The van der Waals surface area contributed by atoms with Gasteiger partial charge < -0.3 is 31.9 Å². The number of phenols is 1. The van der Waals surface area contributed by atoms with Crippen LogP contribution in [0.25, 0.3) is 0 Å². The van der Waals surface area contributed by atoms with E-state index in [4.69, 9.17) is 5.73 Å². The molecule has 0 aromatic heterocycles. The van der Waals surface area contributed by atoms with Gasteiger partial charge >= 0.3 is 5.97 Å². The van der Waals surface area contributed by atoms with E-state index in [9.17, 15) is 29.4 Å². The normalized spacial score (nSPS) is 15.6. The van der Waals surface area contributed by atoms with Gasteiger partial charge in [0.15, 0.2) is 0 Å². The summed E-state index contributed by atoms with van der Waals surface area (Å²) in [7, 11) is 0. The number of rotatable bonds is 12. The van der Waals surface area contributed by atoms with Crippen LogP contribution in [0.5, 0.6) is 5.75 Å². The van der Waals surface area contributed by atoms with E-state index in [0.717, 1.165) is 5.56 Å². The van der Waals surface area contributed by atoms with Gasteiger partial charge in [-0.2, -0.15) is 0 Å². The molecule has 1 aromatic rings. The van der Waals surface area contributed by atoms with Gasteiger partial charge in [-0.15, -0.1) is 0 Å². The fourth-order valence-electron chi connectivity index (χ4n) is 3.10. The van der Waals surface area contributed by atoms with Crippen molar-refractivity contribution < 1.29 is 29.4 Å². The number of aliphatic carboxylic acids is 1. The number of aromatic hydroxyl groups is 1. The van der Waals surface area contributed by atoms with Gasteiger partial charge in [0.25, 0.3) is 0 Å². The van der Waals surface area contributed by atoms with Gasteiger partial charge in [0.2, 0.25) is 17.7 Å². The molecule has 7 N–H and O–H groups in total. The van der Waals surface area contributed by atoms with E-state index in [0.29, 0.717) is 6.42 Å². The molecule has 0 spiro atoms. The zero-order chi connectivity index (χ0) is 25.3. The van der Waals surface area contributed by atoms with Gasteiger partial charge in [0, 0.05) is 0 Å². The molecule has 1 rings (SSSR count). The predicted octanol–water partition coefficient (Wildman–Crippen LogP) is 0.523. The van der Waals surface area contributed by atoms with E-state index in [1.54, 1.807) is 32.9 Å². The molecule has 10 heteroatoms. The van der Waals surface area contributed by atoms with Crippen molar-refractivity contribution in [1.29, 1.82) is 0 Å². The fourth-order valence-corrected chi connectivity index (χ4v) is 3.10. The fraction of sp³-hybridized carbons (Fsp3) is 0.565. The number of carbonyl (C=O) groups excluding carboxylic acids is 3. The molecule has 1 aromatic carbocycles. The zero-order valence-electron chi connectivity index (χ0n) is 19.8. The summed E-state index contributed by atoms with van der Waals surface area (Å²) >= 11 is 0. The third-order valence-electron chi connectivity index (χ3n) is 5.50. The lowest BCUT2D eigenvalue weighted by molar-refractivity contribution is -0.144. The highest BCUT2D eigenvalue weighted by molar-refractivity contribution is 5.94. The Kier molecular flexibility index (Phi) is 10.8. The van der Waals surface area contributed by atoms with Crippen LogP contribution in [0.3, 0.4) is 0 Å². The topological polar surface area (TPSA) is 171 Å². The maximum absolute atomic E-state index is 12.7. The number of carbonyl (C=O) groups is 4. The Labute approximate surface area is 194 Å². The molecule has 184 valence electrons. The molecular weight excluding hydrogens is 428 g/mol. The number of hydrogen-bond acceptors (Lipinski definition) is 6. The Bertz CT molecular complexity index is 827. The van der Waals surface area contributed by atoms with Gasteiger partial charge in [-0.3, -0.25) is 14.4 Å². The highest BCUT2D eigenvalue weighted by Crippen LogP contribution is 2.12. The summed E-state index contributed by atoms with van der Waals surface area (Å²) in [5.74, 6) is -3.39. The van der Waals surface area contributed by atoms with Crippen LogP contribution in [-0.2, 0) is 25.6 Å². The van der Waals surface area contributed by atoms with Crippen LogP contribution >= 0.6 is 0 Å². The van der Waals surface area contributed by atoms with Gasteiger partial charge in [-0.05, 0) is 42.9 Å². The predicted molar refractivity (Wildman–Crippen MR) is 123 cm³/mol. The number of nitrogens with two attached hydrogens (primary N) is 1. The monoisotopic (exact) mass is 464 g/mol. The van der Waals surface area contributed by atoms with Crippen molar-refractivity contribution in [3.05, 3.63) is 29.8 Å². The average molecular weight is 465 g/mol. The first-order valence-corrected chi connectivity index (χ1v) is 11.0. The highest BCUT2D eigenvalue weighted by atomic mass is 16.4. The number of carboxylic acids is 1. The summed E-state index contributed by atoms with van der Waals surface area (Å²) < 4.78 is 0. The minimum atomic E-state index is -1.14. The SMILES string of the molecule is CCC(C)C(NC(=O)C(NC(=O)C(C)NC(=O)C(N)Cc1ccc(O)cc1)C(C)C)C(=O)O. The molecule has 10 nitrogen and oxygen atoms in total. The number of nitrogens with one attached hydrogen (secondary N) is 3. The van der Waals surface area contributed by atoms with Gasteiger partial charge in [-0.25, -0.2) is 4.79 Å². The van der Waals surface area contributed by atoms with Crippen LogP contribution in [-0.4, -0.2) is 58.1 Å². The van der Waals surface area contributed by atoms with Crippen molar-refractivity contribution in [2.75, 3.05) is 0 Å². The molecule has 0 saturated heterocycles. The van der Waals surface area contributed by atoms with E-state index in [-0.39, 0.29) is 24.0 Å². The van der Waals surface area contributed by atoms with Crippen molar-refractivity contribution in [3.8, 4) is 5.75 Å². The lowest BCUT2D eigenvalue weighted by Gasteiger charge is -2.27. The Balaban J connectivity index is 2.73. The number of benzene rings is 1. The third kappa shape index (κ3) is 8.72. The number of hydrogen-bond donors (Lipinski definition) is 6. The smallest absolute Gasteiger partial charge is 0.326 e. The van der Waals surface area contributed by atoms with E-state index in [1.807, 2.05) is 6.92 Å². The van der Waals surface area contributed by atoms with Crippen LogP contribution in [0.15, 0.2) is 24.3 Å². The number of carboxylic acid groups (broad SMARTS) is 1. The Morgan fingerprint density at radius 2 is 1.42 bits per heavy atom. The van der Waals surface area contributed by atoms with Crippen LogP contribution < -0.4 is 21.7 Å². The maximum Gasteiger partial charge on any atom is 0.326 e. The highest BCUT2D eigenvalue weighted by Gasteiger charge is 2.32. The van der Waals surface area contributed by atoms with E-state index >= 15 is 0 Å². The van der Waals surface area contributed by atoms with Crippen LogP contribution in [0, 0.1) is 11.8 Å². The van der Waals surface area contributed by atoms with E-state index in [1.165, 1.54) is 19.1 Å². The van der Waals surface area contributed by atoms with Gasteiger partial charge in [-0.1, -0.05) is 46.2 Å². The Morgan fingerprint density at radius 3 is 1.91 bits per heavy atom. The van der Waals surface area contributed by atoms with Crippen LogP contribution in [0.1, 0.15) is 46.6 Å². The molecule has 0 aliphatic heterocycles. The summed E-state index contributed by atoms with van der Waals surface area (Å²) in [4.78, 5) is 49.3.